The molecule has 0 aliphatic rings. The first-order valence-corrected chi connectivity index (χ1v) is 6.18. The molecule has 0 bridgehead atoms. The molecule has 0 saturated carbocycles. The molecule has 0 radical (unpaired) electrons. The first kappa shape index (κ1) is 14.5. The van der Waals surface area contributed by atoms with Gasteiger partial charge in [-0.15, -0.1) is 0 Å². The van der Waals surface area contributed by atoms with E-state index >= 15 is 0 Å². The SMILES string of the molecule is COCCNC(=O)NCCc1ccn(C(C)C)n1. The number of ether oxygens (including phenoxy) is 1. The smallest absolute Gasteiger partial charge is 0.314 e. The van der Waals surface area contributed by atoms with Gasteiger partial charge in [-0.25, -0.2) is 4.79 Å². The molecule has 1 rings (SSSR count). The Morgan fingerprint density at radius 3 is 2.78 bits per heavy atom. The Labute approximate surface area is 108 Å². The highest BCUT2D eigenvalue weighted by molar-refractivity contribution is 5.73. The summed E-state index contributed by atoms with van der Waals surface area (Å²) in [5.74, 6) is 0. The van der Waals surface area contributed by atoms with E-state index in [9.17, 15) is 4.79 Å². The summed E-state index contributed by atoms with van der Waals surface area (Å²) < 4.78 is 6.75. The second kappa shape index (κ2) is 7.71. The molecular formula is C12H22N4O2. The monoisotopic (exact) mass is 254 g/mol. The molecule has 6 heteroatoms. The van der Waals surface area contributed by atoms with Crippen molar-refractivity contribution in [2.45, 2.75) is 26.3 Å². The van der Waals surface area contributed by atoms with Crippen LogP contribution in [0, 0.1) is 0 Å². The van der Waals surface area contributed by atoms with Gasteiger partial charge in [0.2, 0.25) is 0 Å². The minimum Gasteiger partial charge on any atom is -0.383 e. The molecule has 0 spiro atoms. The number of aromatic nitrogens is 2. The normalized spacial score (nSPS) is 10.7. The van der Waals surface area contributed by atoms with Gasteiger partial charge in [0, 0.05) is 38.9 Å². The number of hydrogen-bond donors (Lipinski definition) is 2. The molecule has 0 unspecified atom stereocenters. The summed E-state index contributed by atoms with van der Waals surface area (Å²) in [7, 11) is 1.60. The number of rotatable bonds is 7. The van der Waals surface area contributed by atoms with Gasteiger partial charge >= 0.3 is 6.03 Å². The van der Waals surface area contributed by atoms with Crippen molar-refractivity contribution in [1.82, 2.24) is 20.4 Å². The number of hydrogen-bond acceptors (Lipinski definition) is 3. The predicted molar refractivity (Wildman–Crippen MR) is 69.6 cm³/mol. The largest absolute Gasteiger partial charge is 0.383 e. The van der Waals surface area contributed by atoms with Crippen molar-refractivity contribution in [2.75, 3.05) is 26.8 Å². The van der Waals surface area contributed by atoms with Crippen LogP contribution in [0.1, 0.15) is 25.6 Å². The minimum atomic E-state index is -0.171. The van der Waals surface area contributed by atoms with Gasteiger partial charge in [-0.2, -0.15) is 5.10 Å². The van der Waals surface area contributed by atoms with Crippen LogP contribution in [0.2, 0.25) is 0 Å². The third-order valence-corrected chi connectivity index (χ3v) is 2.45. The van der Waals surface area contributed by atoms with Gasteiger partial charge < -0.3 is 15.4 Å². The molecule has 2 N–H and O–H groups in total. The van der Waals surface area contributed by atoms with Crippen LogP contribution in [0.3, 0.4) is 0 Å². The topological polar surface area (TPSA) is 68.2 Å². The number of carbonyl (C=O) groups excluding carboxylic acids is 1. The lowest BCUT2D eigenvalue weighted by Gasteiger charge is -2.06. The Balaban J connectivity index is 2.18. The van der Waals surface area contributed by atoms with E-state index in [1.165, 1.54) is 0 Å². The highest BCUT2D eigenvalue weighted by Gasteiger charge is 2.03. The minimum absolute atomic E-state index is 0.171. The zero-order valence-electron chi connectivity index (χ0n) is 11.3. The van der Waals surface area contributed by atoms with Crippen molar-refractivity contribution < 1.29 is 9.53 Å². The standard InChI is InChI=1S/C12H22N4O2/c1-10(2)16-8-5-11(15-16)4-6-13-12(17)14-7-9-18-3/h5,8,10H,4,6-7,9H2,1-3H3,(H2,13,14,17). The van der Waals surface area contributed by atoms with Gasteiger partial charge in [-0.05, 0) is 19.9 Å². The molecule has 2 amide bonds. The quantitative estimate of drug-likeness (QED) is 0.712. The van der Waals surface area contributed by atoms with E-state index in [0.29, 0.717) is 25.7 Å². The average Bonchev–Trinajstić information content (AvgIpc) is 2.78. The van der Waals surface area contributed by atoms with Crippen LogP contribution in [0.4, 0.5) is 4.79 Å². The summed E-state index contributed by atoms with van der Waals surface area (Å²) in [5, 5.41) is 9.87. The van der Waals surface area contributed by atoms with Crippen LogP contribution in [0.5, 0.6) is 0 Å². The van der Waals surface area contributed by atoms with E-state index in [1.54, 1.807) is 7.11 Å². The van der Waals surface area contributed by atoms with Gasteiger partial charge in [0.15, 0.2) is 0 Å². The van der Waals surface area contributed by atoms with Gasteiger partial charge in [0.1, 0.15) is 0 Å². The van der Waals surface area contributed by atoms with E-state index in [-0.39, 0.29) is 6.03 Å². The number of nitrogens with one attached hydrogen (secondary N) is 2. The average molecular weight is 254 g/mol. The molecule has 6 nitrogen and oxygen atoms in total. The van der Waals surface area contributed by atoms with Crippen molar-refractivity contribution in [2.24, 2.45) is 0 Å². The highest BCUT2D eigenvalue weighted by atomic mass is 16.5. The maximum Gasteiger partial charge on any atom is 0.314 e. The van der Waals surface area contributed by atoms with E-state index in [1.807, 2.05) is 16.9 Å². The van der Waals surface area contributed by atoms with Crippen LogP contribution in [0.15, 0.2) is 12.3 Å². The fourth-order valence-corrected chi connectivity index (χ4v) is 1.43. The molecule has 0 fully saturated rings. The van der Waals surface area contributed by atoms with E-state index in [0.717, 1.165) is 12.1 Å². The summed E-state index contributed by atoms with van der Waals surface area (Å²) in [6, 6.07) is 2.17. The van der Waals surface area contributed by atoms with Crippen molar-refractivity contribution in [3.8, 4) is 0 Å². The Bertz CT molecular complexity index is 363. The van der Waals surface area contributed by atoms with E-state index in [2.05, 4.69) is 29.6 Å². The molecule has 102 valence electrons. The first-order chi connectivity index (χ1) is 8.63. The zero-order chi connectivity index (χ0) is 13.4. The molecule has 0 aliphatic heterocycles. The van der Waals surface area contributed by atoms with Crippen molar-refractivity contribution in [3.63, 3.8) is 0 Å². The number of urea groups is 1. The fraction of sp³-hybridized carbons (Fsp3) is 0.667. The van der Waals surface area contributed by atoms with Crippen LogP contribution < -0.4 is 10.6 Å². The second-order valence-corrected chi connectivity index (χ2v) is 4.31. The van der Waals surface area contributed by atoms with Gasteiger partial charge in [-0.1, -0.05) is 0 Å². The van der Waals surface area contributed by atoms with E-state index < -0.39 is 0 Å². The van der Waals surface area contributed by atoms with Gasteiger partial charge in [-0.3, -0.25) is 4.68 Å². The lowest BCUT2D eigenvalue weighted by atomic mass is 10.3. The van der Waals surface area contributed by atoms with Crippen LogP contribution >= 0.6 is 0 Å². The molecule has 1 aromatic rings. The fourth-order valence-electron chi connectivity index (χ4n) is 1.43. The Morgan fingerprint density at radius 1 is 1.44 bits per heavy atom. The summed E-state index contributed by atoms with van der Waals surface area (Å²) >= 11 is 0. The molecule has 1 heterocycles. The first-order valence-electron chi connectivity index (χ1n) is 6.18. The van der Waals surface area contributed by atoms with Gasteiger partial charge in [0.25, 0.3) is 0 Å². The number of carbonyl (C=O) groups is 1. The Kier molecular flexibility index (Phi) is 6.21. The van der Waals surface area contributed by atoms with Crippen LogP contribution in [-0.4, -0.2) is 42.6 Å². The second-order valence-electron chi connectivity index (χ2n) is 4.31. The van der Waals surface area contributed by atoms with Crippen molar-refractivity contribution >= 4 is 6.03 Å². The summed E-state index contributed by atoms with van der Waals surface area (Å²) in [6.45, 7) is 5.78. The lowest BCUT2D eigenvalue weighted by molar-refractivity contribution is 0.196. The van der Waals surface area contributed by atoms with Crippen LogP contribution in [0.25, 0.3) is 0 Å². The maximum absolute atomic E-state index is 11.3. The van der Waals surface area contributed by atoms with Crippen molar-refractivity contribution in [1.29, 1.82) is 0 Å². The molecule has 0 saturated heterocycles. The lowest BCUT2D eigenvalue weighted by Crippen LogP contribution is -2.38. The van der Waals surface area contributed by atoms with Crippen molar-refractivity contribution in [3.05, 3.63) is 18.0 Å². The zero-order valence-corrected chi connectivity index (χ0v) is 11.3. The summed E-state index contributed by atoms with van der Waals surface area (Å²) in [4.78, 5) is 11.3. The predicted octanol–water partition coefficient (Wildman–Crippen LogP) is 0.952. The Morgan fingerprint density at radius 2 is 2.17 bits per heavy atom. The number of amides is 2. The molecule has 0 aromatic carbocycles. The third-order valence-electron chi connectivity index (χ3n) is 2.45. The molecule has 18 heavy (non-hydrogen) atoms. The third kappa shape index (κ3) is 5.18. The number of nitrogens with zero attached hydrogens (tertiary/aromatic N) is 2. The molecular weight excluding hydrogens is 232 g/mol. The summed E-state index contributed by atoms with van der Waals surface area (Å²) in [5.41, 5.74) is 0.987. The highest BCUT2D eigenvalue weighted by Crippen LogP contribution is 2.04. The maximum atomic E-state index is 11.3. The van der Waals surface area contributed by atoms with Gasteiger partial charge in [0.05, 0.1) is 12.3 Å². The Hall–Kier alpha value is -1.56. The molecule has 0 aliphatic carbocycles. The number of methoxy groups -OCH3 is 1. The van der Waals surface area contributed by atoms with Crippen LogP contribution in [-0.2, 0) is 11.2 Å². The molecule has 1 aromatic heterocycles. The van der Waals surface area contributed by atoms with E-state index in [4.69, 9.17) is 4.74 Å². The summed E-state index contributed by atoms with van der Waals surface area (Å²) in [6.07, 6.45) is 2.69. The molecule has 0 atom stereocenters.